The fraction of sp³-hybridized carbons (Fsp3) is 0.444. The minimum atomic E-state index is -0.785. The molecule has 1 heterocycles. The van der Waals surface area contributed by atoms with E-state index >= 15 is 0 Å². The van der Waals surface area contributed by atoms with Gasteiger partial charge in [0, 0.05) is 18.3 Å². The molecule has 0 fully saturated rings. The standard InChI is InChI=1S/C9H13NO2/c1-6-4-7(2)10(3)9(12)8(6)5-11/h4-5,9,12H,1-3H3/t9-/m0/s1. The highest BCUT2D eigenvalue weighted by Crippen LogP contribution is 2.21. The van der Waals surface area contributed by atoms with Crippen LogP contribution < -0.4 is 0 Å². The normalized spacial score (nSPS) is 24.2. The lowest BCUT2D eigenvalue weighted by atomic mass is 10.0. The van der Waals surface area contributed by atoms with Gasteiger partial charge in [-0.2, -0.15) is 0 Å². The fourth-order valence-electron chi connectivity index (χ4n) is 1.26. The molecular weight excluding hydrogens is 154 g/mol. The van der Waals surface area contributed by atoms with Crippen molar-refractivity contribution in [3.63, 3.8) is 0 Å². The Labute approximate surface area is 72.0 Å². The zero-order valence-electron chi connectivity index (χ0n) is 7.53. The third-order valence-corrected chi connectivity index (χ3v) is 2.21. The molecule has 3 nitrogen and oxygen atoms in total. The molecule has 1 rings (SSSR count). The molecule has 0 radical (unpaired) electrons. The molecule has 0 bridgehead atoms. The van der Waals surface area contributed by atoms with Crippen LogP contribution in [0.25, 0.3) is 0 Å². The largest absolute Gasteiger partial charge is 0.369 e. The van der Waals surface area contributed by atoms with E-state index in [4.69, 9.17) is 0 Å². The second-order valence-electron chi connectivity index (χ2n) is 3.03. The van der Waals surface area contributed by atoms with Gasteiger partial charge < -0.3 is 10.0 Å². The molecule has 66 valence electrons. The second-order valence-corrected chi connectivity index (χ2v) is 3.03. The summed E-state index contributed by atoms with van der Waals surface area (Å²) in [6.07, 6.45) is 1.81. The smallest absolute Gasteiger partial charge is 0.156 e. The van der Waals surface area contributed by atoms with E-state index in [-0.39, 0.29) is 0 Å². The van der Waals surface area contributed by atoms with Gasteiger partial charge in [-0.1, -0.05) is 0 Å². The summed E-state index contributed by atoms with van der Waals surface area (Å²) in [6.45, 7) is 3.72. The molecule has 0 aromatic carbocycles. The number of hydrogen-bond donors (Lipinski definition) is 1. The maximum atomic E-state index is 10.6. The van der Waals surface area contributed by atoms with Gasteiger partial charge in [-0.25, -0.2) is 0 Å². The Bertz CT molecular complexity index is 266. The maximum absolute atomic E-state index is 10.6. The quantitative estimate of drug-likeness (QED) is 0.583. The molecule has 0 saturated heterocycles. The summed E-state index contributed by atoms with van der Waals surface area (Å²) in [7, 11) is 1.76. The highest BCUT2D eigenvalue weighted by Gasteiger charge is 2.21. The van der Waals surface area contributed by atoms with Crippen molar-refractivity contribution in [2.24, 2.45) is 0 Å². The lowest BCUT2D eigenvalue weighted by molar-refractivity contribution is -0.106. The van der Waals surface area contributed by atoms with E-state index in [0.717, 1.165) is 11.3 Å². The number of carbonyl (C=O) groups is 1. The van der Waals surface area contributed by atoms with Crippen molar-refractivity contribution >= 4 is 6.29 Å². The Hall–Kier alpha value is -1.09. The van der Waals surface area contributed by atoms with Crippen LogP contribution in [0.2, 0.25) is 0 Å². The van der Waals surface area contributed by atoms with Gasteiger partial charge in [0.15, 0.2) is 12.5 Å². The third kappa shape index (κ3) is 1.28. The summed E-state index contributed by atoms with van der Waals surface area (Å²) in [5.41, 5.74) is 2.25. The van der Waals surface area contributed by atoms with Crippen LogP contribution in [0, 0.1) is 0 Å². The lowest BCUT2D eigenvalue weighted by Gasteiger charge is -2.30. The first-order valence-corrected chi connectivity index (χ1v) is 3.83. The Morgan fingerprint density at radius 1 is 1.58 bits per heavy atom. The fourth-order valence-corrected chi connectivity index (χ4v) is 1.26. The van der Waals surface area contributed by atoms with Crippen molar-refractivity contribution < 1.29 is 9.90 Å². The summed E-state index contributed by atoms with van der Waals surface area (Å²) < 4.78 is 0. The number of aliphatic hydroxyl groups excluding tert-OH is 1. The van der Waals surface area contributed by atoms with E-state index in [9.17, 15) is 9.90 Å². The highest BCUT2D eigenvalue weighted by molar-refractivity contribution is 5.77. The first kappa shape index (κ1) is 9.00. The third-order valence-electron chi connectivity index (χ3n) is 2.21. The summed E-state index contributed by atoms with van der Waals surface area (Å²) in [4.78, 5) is 12.2. The van der Waals surface area contributed by atoms with Crippen LogP contribution in [0.3, 0.4) is 0 Å². The molecule has 0 aromatic heterocycles. The Morgan fingerprint density at radius 3 is 2.67 bits per heavy atom. The highest BCUT2D eigenvalue weighted by atomic mass is 16.3. The monoisotopic (exact) mass is 167 g/mol. The van der Waals surface area contributed by atoms with Gasteiger partial charge in [-0.05, 0) is 25.5 Å². The zero-order chi connectivity index (χ0) is 9.30. The minimum Gasteiger partial charge on any atom is -0.369 e. The van der Waals surface area contributed by atoms with Crippen LogP contribution in [-0.4, -0.2) is 29.6 Å². The Balaban J connectivity index is 3.10. The van der Waals surface area contributed by atoms with Gasteiger partial charge in [0.05, 0.1) is 0 Å². The number of nitrogens with zero attached hydrogens (tertiary/aromatic N) is 1. The minimum absolute atomic E-state index is 0.447. The predicted molar refractivity (Wildman–Crippen MR) is 46.3 cm³/mol. The van der Waals surface area contributed by atoms with E-state index in [2.05, 4.69) is 0 Å². The summed E-state index contributed by atoms with van der Waals surface area (Å²) in [6, 6.07) is 0. The van der Waals surface area contributed by atoms with E-state index in [1.807, 2.05) is 19.9 Å². The van der Waals surface area contributed by atoms with E-state index < -0.39 is 6.23 Å². The molecule has 0 aliphatic carbocycles. The number of carbonyl (C=O) groups excluding carboxylic acids is 1. The molecule has 1 N–H and O–H groups in total. The van der Waals surface area contributed by atoms with Gasteiger partial charge in [0.2, 0.25) is 0 Å². The first-order valence-electron chi connectivity index (χ1n) is 3.83. The van der Waals surface area contributed by atoms with Crippen molar-refractivity contribution in [3.05, 3.63) is 22.9 Å². The molecule has 1 aliphatic heterocycles. The van der Waals surface area contributed by atoms with Crippen LogP contribution in [0.5, 0.6) is 0 Å². The van der Waals surface area contributed by atoms with Crippen molar-refractivity contribution in [2.45, 2.75) is 20.1 Å². The Morgan fingerprint density at radius 2 is 2.17 bits per heavy atom. The first-order chi connectivity index (χ1) is 5.57. The maximum Gasteiger partial charge on any atom is 0.156 e. The number of aldehydes is 1. The second kappa shape index (κ2) is 3.11. The molecule has 0 saturated carbocycles. The zero-order valence-corrected chi connectivity index (χ0v) is 7.53. The van der Waals surface area contributed by atoms with Crippen molar-refractivity contribution in [3.8, 4) is 0 Å². The topological polar surface area (TPSA) is 40.5 Å². The SMILES string of the molecule is CC1=CC(C)=C(C=O)[C@H](O)N1C. The van der Waals surface area contributed by atoms with Crippen LogP contribution in [0.15, 0.2) is 22.9 Å². The number of aliphatic hydroxyl groups is 1. The van der Waals surface area contributed by atoms with Crippen LogP contribution in [0.1, 0.15) is 13.8 Å². The number of allylic oxidation sites excluding steroid dienone is 3. The molecule has 1 aliphatic rings. The molecule has 12 heavy (non-hydrogen) atoms. The van der Waals surface area contributed by atoms with Gasteiger partial charge >= 0.3 is 0 Å². The van der Waals surface area contributed by atoms with Crippen LogP contribution in [-0.2, 0) is 4.79 Å². The average Bonchev–Trinajstić information content (AvgIpc) is 2.01. The number of rotatable bonds is 1. The molecule has 0 spiro atoms. The summed E-state index contributed by atoms with van der Waals surface area (Å²) in [5, 5.41) is 9.57. The average molecular weight is 167 g/mol. The summed E-state index contributed by atoms with van der Waals surface area (Å²) in [5.74, 6) is 0. The van der Waals surface area contributed by atoms with Gasteiger partial charge in [-0.3, -0.25) is 4.79 Å². The van der Waals surface area contributed by atoms with E-state index in [1.165, 1.54) is 0 Å². The molecule has 0 aromatic rings. The van der Waals surface area contributed by atoms with Gasteiger partial charge in [0.25, 0.3) is 0 Å². The Kier molecular flexibility index (Phi) is 2.33. The molecule has 1 atom stereocenters. The van der Waals surface area contributed by atoms with Crippen molar-refractivity contribution in [1.82, 2.24) is 4.90 Å². The molecule has 0 unspecified atom stereocenters. The van der Waals surface area contributed by atoms with Gasteiger partial charge in [-0.15, -0.1) is 0 Å². The predicted octanol–water partition coefficient (Wildman–Crippen LogP) is 0.669. The van der Waals surface area contributed by atoms with Crippen molar-refractivity contribution in [2.75, 3.05) is 7.05 Å². The number of likely N-dealkylation sites (N-methyl/N-ethyl adjacent to an activating group) is 1. The van der Waals surface area contributed by atoms with Crippen molar-refractivity contribution in [1.29, 1.82) is 0 Å². The van der Waals surface area contributed by atoms with Crippen LogP contribution in [0.4, 0.5) is 0 Å². The molecule has 0 amide bonds. The molecular formula is C9H13NO2. The number of hydrogen-bond acceptors (Lipinski definition) is 3. The lowest BCUT2D eigenvalue weighted by Crippen LogP contribution is -2.35. The van der Waals surface area contributed by atoms with Crippen LogP contribution >= 0.6 is 0 Å². The molecule has 3 heteroatoms. The van der Waals surface area contributed by atoms with E-state index in [0.29, 0.717) is 11.9 Å². The summed E-state index contributed by atoms with van der Waals surface area (Å²) >= 11 is 0. The van der Waals surface area contributed by atoms with E-state index in [1.54, 1.807) is 11.9 Å². The van der Waals surface area contributed by atoms with Gasteiger partial charge in [0.1, 0.15) is 0 Å².